The van der Waals surface area contributed by atoms with Gasteiger partial charge in [0.25, 0.3) is 5.91 Å². The molecule has 1 aromatic heterocycles. The number of nitrogens with zero attached hydrogens (tertiary/aromatic N) is 2. The molecule has 2 heterocycles. The molecule has 0 bridgehead atoms. The maximum absolute atomic E-state index is 12.2. The molecule has 2 N–H and O–H groups in total. The Bertz CT molecular complexity index is 680. The molecule has 0 radical (unpaired) electrons. The van der Waals surface area contributed by atoms with Crippen molar-refractivity contribution < 1.29 is 13.9 Å². The molecule has 1 fully saturated rings. The van der Waals surface area contributed by atoms with Gasteiger partial charge in [0.2, 0.25) is 5.89 Å². The molecule has 1 aromatic carbocycles. The summed E-state index contributed by atoms with van der Waals surface area (Å²) < 4.78 is 11.1. The van der Waals surface area contributed by atoms with Crippen molar-refractivity contribution in [2.75, 3.05) is 17.2 Å². The molecule has 7 heteroatoms. The predicted octanol–water partition coefficient (Wildman–Crippen LogP) is 1.76. The fourth-order valence-electron chi connectivity index (χ4n) is 2.23. The summed E-state index contributed by atoms with van der Waals surface area (Å²) in [5.41, 5.74) is 0.885. The van der Waals surface area contributed by atoms with Crippen molar-refractivity contribution in [3.05, 3.63) is 30.2 Å². The number of anilines is 2. The van der Waals surface area contributed by atoms with Gasteiger partial charge >= 0.3 is 6.01 Å². The van der Waals surface area contributed by atoms with Gasteiger partial charge in [0, 0.05) is 5.92 Å². The van der Waals surface area contributed by atoms with Gasteiger partial charge in [-0.15, -0.1) is 5.10 Å². The monoisotopic (exact) mass is 286 g/mol. The second kappa shape index (κ2) is 4.76. The second-order valence-electron chi connectivity index (χ2n) is 5.19. The third kappa shape index (κ3) is 2.42. The number of carbonyl (C=O) groups excluding carboxylic acids is 1. The molecule has 1 saturated carbocycles. The standard InChI is InChI=1S/C14H14N4O3/c19-12(16-14-18-17-13(21-14)8-5-6-8)11-7-15-9-3-1-2-4-10(9)20-11/h1-4,8,11,15H,5-7H2,(H,16,18,19). The van der Waals surface area contributed by atoms with Crippen molar-refractivity contribution in [1.29, 1.82) is 0 Å². The summed E-state index contributed by atoms with van der Waals surface area (Å²) in [6.45, 7) is 0.395. The lowest BCUT2D eigenvalue weighted by atomic mass is 10.2. The molecular weight excluding hydrogens is 272 g/mol. The lowest BCUT2D eigenvalue weighted by Crippen LogP contribution is -2.41. The number of aromatic nitrogens is 2. The summed E-state index contributed by atoms with van der Waals surface area (Å²) in [6.07, 6.45) is 1.51. The first kappa shape index (κ1) is 12.2. The molecule has 7 nitrogen and oxygen atoms in total. The molecule has 0 spiro atoms. The number of para-hydroxylation sites is 2. The Morgan fingerprint density at radius 3 is 3.00 bits per heavy atom. The number of benzene rings is 1. The Labute approximate surface area is 120 Å². The van der Waals surface area contributed by atoms with Crippen molar-refractivity contribution >= 4 is 17.6 Å². The van der Waals surface area contributed by atoms with Crippen LogP contribution in [0.2, 0.25) is 0 Å². The highest BCUT2D eigenvalue weighted by molar-refractivity contribution is 5.93. The van der Waals surface area contributed by atoms with Gasteiger partial charge < -0.3 is 14.5 Å². The van der Waals surface area contributed by atoms with Crippen LogP contribution in [0.3, 0.4) is 0 Å². The topological polar surface area (TPSA) is 89.3 Å². The van der Waals surface area contributed by atoms with Gasteiger partial charge in [-0.1, -0.05) is 17.2 Å². The van der Waals surface area contributed by atoms with Crippen molar-refractivity contribution in [3.63, 3.8) is 0 Å². The predicted molar refractivity (Wildman–Crippen MR) is 74.3 cm³/mol. The molecule has 1 atom stereocenters. The summed E-state index contributed by atoms with van der Waals surface area (Å²) in [6, 6.07) is 7.63. The third-order valence-electron chi connectivity index (χ3n) is 3.52. The van der Waals surface area contributed by atoms with Crippen LogP contribution in [0.4, 0.5) is 11.7 Å². The van der Waals surface area contributed by atoms with Gasteiger partial charge in [0.15, 0.2) is 6.10 Å². The minimum atomic E-state index is -0.629. The molecule has 0 saturated heterocycles. The maximum Gasteiger partial charge on any atom is 0.322 e. The van der Waals surface area contributed by atoms with E-state index in [1.54, 1.807) is 0 Å². The normalized spacial score (nSPS) is 20.1. The molecule has 2 aliphatic rings. The fourth-order valence-corrected chi connectivity index (χ4v) is 2.23. The Hall–Kier alpha value is -2.57. The second-order valence-corrected chi connectivity index (χ2v) is 5.19. The van der Waals surface area contributed by atoms with Crippen molar-refractivity contribution in [1.82, 2.24) is 10.2 Å². The van der Waals surface area contributed by atoms with Crippen LogP contribution in [0.25, 0.3) is 0 Å². The lowest BCUT2D eigenvalue weighted by molar-refractivity contribution is -0.122. The number of hydrogen-bond acceptors (Lipinski definition) is 6. The number of rotatable bonds is 3. The summed E-state index contributed by atoms with van der Waals surface area (Å²) >= 11 is 0. The average molecular weight is 286 g/mol. The van der Waals surface area contributed by atoms with Crippen LogP contribution >= 0.6 is 0 Å². The van der Waals surface area contributed by atoms with E-state index in [4.69, 9.17) is 9.15 Å². The number of hydrogen-bond donors (Lipinski definition) is 2. The van der Waals surface area contributed by atoms with Crippen LogP contribution in [0.5, 0.6) is 5.75 Å². The maximum atomic E-state index is 12.2. The molecule has 1 aliphatic carbocycles. The van der Waals surface area contributed by atoms with Crippen LogP contribution in [-0.4, -0.2) is 28.8 Å². The SMILES string of the molecule is O=C(Nc1nnc(C2CC2)o1)C1CNc2ccccc2O1. The smallest absolute Gasteiger partial charge is 0.322 e. The van der Waals surface area contributed by atoms with Gasteiger partial charge in [0.05, 0.1) is 12.2 Å². The number of fused-ring (bicyclic) bond motifs is 1. The zero-order valence-corrected chi connectivity index (χ0v) is 11.2. The molecule has 2 aromatic rings. The first-order chi connectivity index (χ1) is 10.3. The highest BCUT2D eigenvalue weighted by atomic mass is 16.5. The highest BCUT2D eigenvalue weighted by Crippen LogP contribution is 2.39. The Morgan fingerprint density at radius 1 is 1.29 bits per heavy atom. The van der Waals surface area contributed by atoms with Gasteiger partial charge in [0.1, 0.15) is 5.75 Å². The molecule has 1 aliphatic heterocycles. The number of nitrogens with one attached hydrogen (secondary N) is 2. The van der Waals surface area contributed by atoms with E-state index in [-0.39, 0.29) is 11.9 Å². The van der Waals surface area contributed by atoms with Gasteiger partial charge in [-0.2, -0.15) is 0 Å². The van der Waals surface area contributed by atoms with E-state index in [1.165, 1.54) is 0 Å². The zero-order chi connectivity index (χ0) is 14.2. The van der Waals surface area contributed by atoms with E-state index in [0.717, 1.165) is 18.5 Å². The van der Waals surface area contributed by atoms with Crippen LogP contribution in [0.1, 0.15) is 24.7 Å². The van der Waals surface area contributed by atoms with E-state index in [2.05, 4.69) is 20.8 Å². The van der Waals surface area contributed by atoms with E-state index in [1.807, 2.05) is 24.3 Å². The van der Waals surface area contributed by atoms with Crippen molar-refractivity contribution in [2.45, 2.75) is 24.9 Å². The molecule has 1 unspecified atom stereocenters. The van der Waals surface area contributed by atoms with E-state index < -0.39 is 6.10 Å². The minimum absolute atomic E-state index is 0.129. The van der Waals surface area contributed by atoms with E-state index >= 15 is 0 Å². The number of ether oxygens (including phenoxy) is 1. The molecular formula is C14H14N4O3. The number of carbonyl (C=O) groups is 1. The van der Waals surface area contributed by atoms with Crippen LogP contribution in [-0.2, 0) is 4.79 Å². The van der Waals surface area contributed by atoms with Crippen LogP contribution in [0.15, 0.2) is 28.7 Å². The van der Waals surface area contributed by atoms with Gasteiger partial charge in [-0.25, -0.2) is 0 Å². The summed E-state index contributed by atoms with van der Waals surface area (Å²) in [4.78, 5) is 12.2. The largest absolute Gasteiger partial charge is 0.477 e. The van der Waals surface area contributed by atoms with E-state index in [9.17, 15) is 4.79 Å². The first-order valence-electron chi connectivity index (χ1n) is 6.93. The summed E-state index contributed by atoms with van der Waals surface area (Å²) in [7, 11) is 0. The third-order valence-corrected chi connectivity index (χ3v) is 3.52. The molecule has 21 heavy (non-hydrogen) atoms. The Morgan fingerprint density at radius 2 is 2.14 bits per heavy atom. The Kier molecular flexibility index (Phi) is 2.77. The molecule has 108 valence electrons. The summed E-state index contributed by atoms with van der Waals surface area (Å²) in [5, 5.41) is 13.5. The Balaban J connectivity index is 1.43. The van der Waals surface area contributed by atoms with Crippen LogP contribution < -0.4 is 15.4 Å². The quantitative estimate of drug-likeness (QED) is 0.893. The zero-order valence-electron chi connectivity index (χ0n) is 11.2. The van der Waals surface area contributed by atoms with Crippen molar-refractivity contribution in [2.24, 2.45) is 0 Å². The van der Waals surface area contributed by atoms with E-state index in [0.29, 0.717) is 24.1 Å². The highest BCUT2D eigenvalue weighted by Gasteiger charge is 2.31. The van der Waals surface area contributed by atoms with Crippen molar-refractivity contribution in [3.8, 4) is 5.75 Å². The van der Waals surface area contributed by atoms with Gasteiger partial charge in [-0.05, 0) is 25.0 Å². The average Bonchev–Trinajstić information content (AvgIpc) is 3.27. The molecule has 4 rings (SSSR count). The first-order valence-corrected chi connectivity index (χ1v) is 6.93. The minimum Gasteiger partial charge on any atom is -0.477 e. The number of amides is 1. The van der Waals surface area contributed by atoms with Gasteiger partial charge in [-0.3, -0.25) is 10.1 Å². The summed E-state index contributed by atoms with van der Waals surface area (Å²) in [5.74, 6) is 1.32. The lowest BCUT2D eigenvalue weighted by Gasteiger charge is -2.25. The fraction of sp³-hybridized carbons (Fsp3) is 0.357. The molecule has 1 amide bonds. The van der Waals surface area contributed by atoms with Crippen LogP contribution in [0, 0.1) is 0 Å².